The van der Waals surface area contributed by atoms with Crippen molar-refractivity contribution in [3.8, 4) is 0 Å². The first kappa shape index (κ1) is 9.29. The van der Waals surface area contributed by atoms with Crippen LogP contribution < -0.4 is 0 Å². The zero-order valence-electron chi connectivity index (χ0n) is 6.38. The molecule has 0 radical (unpaired) electrons. The van der Waals surface area contributed by atoms with Crippen molar-refractivity contribution in [2.45, 2.75) is 0 Å². The van der Waals surface area contributed by atoms with E-state index in [0.717, 1.165) is 19.6 Å². The standard InChI is InChI=1S/C6H13ClN2OS/c7-1-2-9-3-5-11(8,10)6-4-9/h8H,1-6H2. The SMILES string of the molecule is N=S1(=O)CCN(CCCl)CC1. The van der Waals surface area contributed by atoms with Gasteiger partial charge in [0, 0.05) is 46.7 Å². The summed E-state index contributed by atoms with van der Waals surface area (Å²) in [6.45, 7) is 2.40. The van der Waals surface area contributed by atoms with Crippen LogP contribution in [0, 0.1) is 4.78 Å². The summed E-state index contributed by atoms with van der Waals surface area (Å²) in [6, 6.07) is 0. The molecule has 0 aromatic heterocycles. The molecule has 0 unspecified atom stereocenters. The maximum absolute atomic E-state index is 11.2. The van der Waals surface area contributed by atoms with Gasteiger partial charge in [-0.25, -0.2) is 4.21 Å². The number of hydrogen-bond acceptors (Lipinski definition) is 3. The van der Waals surface area contributed by atoms with Crippen LogP contribution in [0.4, 0.5) is 0 Å². The molecular weight excluding hydrogens is 184 g/mol. The van der Waals surface area contributed by atoms with Gasteiger partial charge in [-0.15, -0.1) is 11.6 Å². The van der Waals surface area contributed by atoms with Crippen LogP contribution in [0.15, 0.2) is 0 Å². The first-order valence-electron chi connectivity index (χ1n) is 3.66. The molecule has 0 amide bonds. The number of alkyl halides is 1. The van der Waals surface area contributed by atoms with Crippen molar-refractivity contribution in [2.75, 3.05) is 37.0 Å². The Labute approximate surface area is 72.7 Å². The quantitative estimate of drug-likeness (QED) is 0.657. The third-order valence-corrected chi connectivity index (χ3v) is 3.73. The summed E-state index contributed by atoms with van der Waals surface area (Å²) in [5.41, 5.74) is 0. The lowest BCUT2D eigenvalue weighted by Gasteiger charge is -2.26. The molecule has 1 aliphatic rings. The van der Waals surface area contributed by atoms with E-state index >= 15 is 0 Å². The monoisotopic (exact) mass is 196 g/mol. The molecule has 1 fully saturated rings. The van der Waals surface area contributed by atoms with Crippen LogP contribution in [-0.4, -0.2) is 46.1 Å². The van der Waals surface area contributed by atoms with Crippen molar-refractivity contribution in [1.82, 2.24) is 4.90 Å². The minimum atomic E-state index is -2.22. The van der Waals surface area contributed by atoms with Gasteiger partial charge in [0.25, 0.3) is 0 Å². The van der Waals surface area contributed by atoms with Crippen LogP contribution in [0.5, 0.6) is 0 Å². The number of halogens is 1. The van der Waals surface area contributed by atoms with Gasteiger partial charge in [0.15, 0.2) is 0 Å². The molecule has 1 saturated heterocycles. The number of rotatable bonds is 2. The Balaban J connectivity index is 2.36. The second-order valence-electron chi connectivity index (χ2n) is 2.75. The smallest absolute Gasteiger partial charge is 0.0466 e. The summed E-state index contributed by atoms with van der Waals surface area (Å²) in [5.74, 6) is 1.66. The van der Waals surface area contributed by atoms with E-state index in [4.69, 9.17) is 16.4 Å². The molecule has 0 aromatic carbocycles. The van der Waals surface area contributed by atoms with Crippen molar-refractivity contribution in [3.63, 3.8) is 0 Å². The second kappa shape index (κ2) is 3.74. The van der Waals surface area contributed by atoms with Gasteiger partial charge in [0.1, 0.15) is 0 Å². The lowest BCUT2D eigenvalue weighted by Crippen LogP contribution is -2.40. The van der Waals surface area contributed by atoms with E-state index in [1.54, 1.807) is 0 Å². The summed E-state index contributed by atoms with van der Waals surface area (Å²) < 4.78 is 18.5. The molecule has 11 heavy (non-hydrogen) atoms. The lowest BCUT2D eigenvalue weighted by molar-refractivity contribution is 0.317. The van der Waals surface area contributed by atoms with Crippen molar-refractivity contribution >= 4 is 21.3 Å². The van der Waals surface area contributed by atoms with E-state index in [2.05, 4.69) is 4.90 Å². The first-order valence-corrected chi connectivity index (χ1v) is 6.09. The van der Waals surface area contributed by atoms with Gasteiger partial charge in [0.05, 0.1) is 0 Å². The first-order chi connectivity index (χ1) is 5.14. The van der Waals surface area contributed by atoms with Crippen LogP contribution in [0.25, 0.3) is 0 Å². The van der Waals surface area contributed by atoms with Gasteiger partial charge in [-0.05, 0) is 0 Å². The fourth-order valence-corrected chi connectivity index (χ4v) is 2.66. The van der Waals surface area contributed by atoms with E-state index in [1.807, 2.05) is 0 Å². The Bertz CT molecular complexity index is 201. The fourth-order valence-electron chi connectivity index (χ4n) is 1.11. The minimum absolute atomic E-state index is 0.518. The molecular formula is C6H13ClN2OS. The van der Waals surface area contributed by atoms with Gasteiger partial charge in [-0.3, -0.25) is 4.78 Å². The molecule has 0 saturated carbocycles. The molecule has 0 aliphatic carbocycles. The zero-order chi connectivity index (χ0) is 8.32. The van der Waals surface area contributed by atoms with Crippen molar-refractivity contribution in [3.05, 3.63) is 0 Å². The summed E-state index contributed by atoms with van der Waals surface area (Å²) in [5, 5.41) is 0. The van der Waals surface area contributed by atoms with Gasteiger partial charge >= 0.3 is 0 Å². The van der Waals surface area contributed by atoms with Gasteiger partial charge in [0.2, 0.25) is 0 Å². The molecule has 1 aliphatic heterocycles. The molecule has 66 valence electrons. The Morgan fingerprint density at radius 3 is 2.45 bits per heavy atom. The van der Waals surface area contributed by atoms with Crippen molar-refractivity contribution in [2.24, 2.45) is 0 Å². The Hall–Kier alpha value is 0.200. The molecule has 0 aromatic rings. The Morgan fingerprint density at radius 2 is 2.00 bits per heavy atom. The molecule has 1 heterocycles. The average Bonchev–Trinajstić information content (AvgIpc) is 1.94. The number of nitrogens with zero attached hydrogens (tertiary/aromatic N) is 1. The van der Waals surface area contributed by atoms with Crippen LogP contribution in [0.2, 0.25) is 0 Å². The highest BCUT2D eigenvalue weighted by atomic mass is 35.5. The molecule has 3 nitrogen and oxygen atoms in total. The van der Waals surface area contributed by atoms with E-state index < -0.39 is 9.73 Å². The summed E-state index contributed by atoms with van der Waals surface area (Å²) in [4.78, 5) is 2.16. The van der Waals surface area contributed by atoms with Crippen molar-refractivity contribution < 1.29 is 4.21 Å². The predicted molar refractivity (Wildman–Crippen MR) is 47.8 cm³/mol. The van der Waals surface area contributed by atoms with E-state index in [-0.39, 0.29) is 0 Å². The Morgan fingerprint density at radius 1 is 1.45 bits per heavy atom. The highest BCUT2D eigenvalue weighted by molar-refractivity contribution is 7.92. The summed E-state index contributed by atoms with van der Waals surface area (Å²) in [6.07, 6.45) is 0. The molecule has 1 N–H and O–H groups in total. The van der Waals surface area contributed by atoms with E-state index in [0.29, 0.717) is 17.4 Å². The largest absolute Gasteiger partial charge is 0.300 e. The third kappa shape index (κ3) is 2.97. The molecule has 0 atom stereocenters. The second-order valence-corrected chi connectivity index (χ2v) is 5.57. The third-order valence-electron chi connectivity index (χ3n) is 1.88. The van der Waals surface area contributed by atoms with Crippen molar-refractivity contribution in [1.29, 1.82) is 4.78 Å². The highest BCUT2D eigenvalue weighted by Crippen LogP contribution is 2.03. The predicted octanol–water partition coefficient (Wildman–Crippen LogP) is 0.588. The number of nitrogens with one attached hydrogen (secondary N) is 1. The average molecular weight is 197 g/mol. The van der Waals surface area contributed by atoms with Gasteiger partial charge in [-0.2, -0.15) is 0 Å². The maximum Gasteiger partial charge on any atom is 0.0466 e. The van der Waals surface area contributed by atoms with Crippen LogP contribution in [0.3, 0.4) is 0 Å². The molecule has 0 bridgehead atoms. The number of hydrogen-bond donors (Lipinski definition) is 1. The Kier molecular flexibility index (Phi) is 3.16. The van der Waals surface area contributed by atoms with E-state index in [9.17, 15) is 4.21 Å². The van der Waals surface area contributed by atoms with Gasteiger partial charge < -0.3 is 4.90 Å². The molecule has 1 rings (SSSR count). The highest BCUT2D eigenvalue weighted by Gasteiger charge is 2.17. The van der Waals surface area contributed by atoms with E-state index in [1.165, 1.54) is 0 Å². The zero-order valence-corrected chi connectivity index (χ0v) is 7.96. The fraction of sp³-hybridized carbons (Fsp3) is 1.00. The minimum Gasteiger partial charge on any atom is -0.300 e. The van der Waals surface area contributed by atoms with Crippen LogP contribution in [-0.2, 0) is 9.73 Å². The van der Waals surface area contributed by atoms with Crippen LogP contribution >= 0.6 is 11.6 Å². The van der Waals surface area contributed by atoms with Crippen LogP contribution in [0.1, 0.15) is 0 Å². The molecule has 5 heteroatoms. The summed E-state index contributed by atoms with van der Waals surface area (Å²) >= 11 is 5.55. The topological polar surface area (TPSA) is 44.2 Å². The maximum atomic E-state index is 11.2. The normalized spacial score (nSPS) is 25.2. The summed E-state index contributed by atoms with van der Waals surface area (Å²) in [7, 11) is -2.22. The molecule has 0 spiro atoms. The van der Waals surface area contributed by atoms with Gasteiger partial charge in [-0.1, -0.05) is 0 Å². The lowest BCUT2D eigenvalue weighted by atomic mass is 10.5.